The molecule has 0 bridgehead atoms. The number of anilines is 2. The van der Waals surface area contributed by atoms with E-state index in [0.29, 0.717) is 36.0 Å². The number of carbonyl (C=O) groups is 2. The van der Waals surface area contributed by atoms with E-state index in [1.807, 2.05) is 44.2 Å². The van der Waals surface area contributed by atoms with Crippen LogP contribution in [0.3, 0.4) is 0 Å². The van der Waals surface area contributed by atoms with Crippen LogP contribution in [0.25, 0.3) is 10.8 Å². The highest BCUT2D eigenvalue weighted by Crippen LogP contribution is 2.37. The SMILES string of the molecule is CCOc1ccc(OCC)c(NC(=O)CN2C(=O)c3cccc4cccc2c34)c1. The standard InChI is InChI=1S/C23H22N2O4/c1-3-28-16-11-12-20(29-4-2)18(13-16)24-21(26)14-25-19-10-6-8-15-7-5-9-17(22(15)19)23(25)27/h5-13H,3-4,14H2,1-2H3,(H,24,26). The second-order valence-electron chi connectivity index (χ2n) is 6.64. The zero-order valence-electron chi connectivity index (χ0n) is 16.4. The third-order valence-corrected chi connectivity index (χ3v) is 4.79. The Bertz CT molecular complexity index is 1090. The molecule has 0 fully saturated rings. The summed E-state index contributed by atoms with van der Waals surface area (Å²) in [5, 5.41) is 4.74. The third-order valence-electron chi connectivity index (χ3n) is 4.79. The van der Waals surface area contributed by atoms with Crippen LogP contribution in [0, 0.1) is 0 Å². The van der Waals surface area contributed by atoms with E-state index in [1.54, 1.807) is 24.3 Å². The van der Waals surface area contributed by atoms with E-state index in [2.05, 4.69) is 5.32 Å². The van der Waals surface area contributed by atoms with Crippen molar-refractivity contribution in [2.24, 2.45) is 0 Å². The van der Waals surface area contributed by atoms with Gasteiger partial charge in [-0.2, -0.15) is 0 Å². The van der Waals surface area contributed by atoms with Crippen LogP contribution in [-0.4, -0.2) is 31.6 Å². The first-order valence-corrected chi connectivity index (χ1v) is 9.65. The number of benzene rings is 3. The maximum Gasteiger partial charge on any atom is 0.259 e. The number of rotatable bonds is 7. The van der Waals surface area contributed by atoms with Gasteiger partial charge in [0.1, 0.15) is 18.0 Å². The summed E-state index contributed by atoms with van der Waals surface area (Å²) in [5.41, 5.74) is 1.90. The Hall–Kier alpha value is -3.54. The molecule has 3 aromatic rings. The van der Waals surface area contributed by atoms with Gasteiger partial charge in [-0.25, -0.2) is 0 Å². The minimum Gasteiger partial charge on any atom is -0.494 e. The molecule has 148 valence electrons. The van der Waals surface area contributed by atoms with Gasteiger partial charge in [-0.05, 0) is 43.5 Å². The molecule has 29 heavy (non-hydrogen) atoms. The molecule has 1 N–H and O–H groups in total. The van der Waals surface area contributed by atoms with Crippen molar-refractivity contribution in [1.29, 1.82) is 0 Å². The summed E-state index contributed by atoms with van der Waals surface area (Å²) >= 11 is 0. The predicted molar refractivity (Wildman–Crippen MR) is 113 cm³/mol. The Kier molecular flexibility index (Phi) is 5.08. The number of nitrogens with zero attached hydrogens (tertiary/aromatic N) is 1. The molecule has 0 aromatic heterocycles. The molecule has 0 unspecified atom stereocenters. The van der Waals surface area contributed by atoms with Crippen molar-refractivity contribution in [2.45, 2.75) is 13.8 Å². The van der Waals surface area contributed by atoms with Crippen LogP contribution in [0.2, 0.25) is 0 Å². The molecule has 6 heteroatoms. The van der Waals surface area contributed by atoms with Gasteiger partial charge < -0.3 is 14.8 Å². The van der Waals surface area contributed by atoms with E-state index in [1.165, 1.54) is 4.90 Å². The summed E-state index contributed by atoms with van der Waals surface area (Å²) in [6.45, 7) is 4.68. The highest BCUT2D eigenvalue weighted by molar-refractivity contribution is 6.26. The van der Waals surface area contributed by atoms with Crippen molar-refractivity contribution in [1.82, 2.24) is 0 Å². The molecule has 0 spiro atoms. The average molecular weight is 390 g/mol. The van der Waals surface area contributed by atoms with Crippen LogP contribution in [0.15, 0.2) is 54.6 Å². The zero-order chi connectivity index (χ0) is 20.4. The average Bonchev–Trinajstić information content (AvgIpc) is 2.98. The van der Waals surface area contributed by atoms with Gasteiger partial charge in [-0.1, -0.05) is 24.3 Å². The molecule has 0 aliphatic carbocycles. The van der Waals surface area contributed by atoms with Crippen LogP contribution < -0.4 is 19.7 Å². The molecule has 4 rings (SSSR count). The highest BCUT2D eigenvalue weighted by Gasteiger charge is 2.31. The van der Waals surface area contributed by atoms with Gasteiger partial charge in [0.15, 0.2) is 0 Å². The minimum absolute atomic E-state index is 0.0863. The van der Waals surface area contributed by atoms with Crippen molar-refractivity contribution in [2.75, 3.05) is 30.0 Å². The van der Waals surface area contributed by atoms with Crippen LogP contribution in [-0.2, 0) is 4.79 Å². The van der Waals surface area contributed by atoms with Crippen molar-refractivity contribution >= 4 is 34.0 Å². The van der Waals surface area contributed by atoms with Crippen LogP contribution in [0.5, 0.6) is 11.5 Å². The van der Waals surface area contributed by atoms with Crippen molar-refractivity contribution in [3.63, 3.8) is 0 Å². The Morgan fingerprint density at radius 2 is 1.76 bits per heavy atom. The van der Waals surface area contributed by atoms with E-state index in [4.69, 9.17) is 9.47 Å². The normalized spacial score (nSPS) is 12.3. The molecule has 0 atom stereocenters. The summed E-state index contributed by atoms with van der Waals surface area (Å²) in [5.74, 6) is 0.723. The molecule has 2 amide bonds. The van der Waals surface area contributed by atoms with Gasteiger partial charge >= 0.3 is 0 Å². The Morgan fingerprint density at radius 1 is 1.00 bits per heavy atom. The van der Waals surface area contributed by atoms with Crippen molar-refractivity contribution in [3.05, 3.63) is 60.2 Å². The maximum atomic E-state index is 12.9. The third kappa shape index (κ3) is 3.49. The molecule has 0 saturated carbocycles. The van der Waals surface area contributed by atoms with Gasteiger partial charge in [-0.15, -0.1) is 0 Å². The number of carbonyl (C=O) groups excluding carboxylic acids is 2. The smallest absolute Gasteiger partial charge is 0.259 e. The first-order chi connectivity index (χ1) is 14.1. The lowest BCUT2D eigenvalue weighted by atomic mass is 10.1. The molecule has 1 aliphatic heterocycles. The quantitative estimate of drug-likeness (QED) is 0.655. The van der Waals surface area contributed by atoms with Gasteiger partial charge in [0.25, 0.3) is 5.91 Å². The number of nitrogens with one attached hydrogen (secondary N) is 1. The topological polar surface area (TPSA) is 67.9 Å². The summed E-state index contributed by atoms with van der Waals surface area (Å²) in [4.78, 5) is 27.2. The second kappa shape index (κ2) is 7.83. The molecular formula is C23H22N2O4. The van der Waals surface area contributed by atoms with E-state index in [-0.39, 0.29) is 18.4 Å². The lowest BCUT2D eigenvalue weighted by Gasteiger charge is -2.18. The molecular weight excluding hydrogens is 368 g/mol. The van der Waals surface area contributed by atoms with E-state index in [9.17, 15) is 9.59 Å². The highest BCUT2D eigenvalue weighted by atomic mass is 16.5. The Morgan fingerprint density at radius 3 is 2.52 bits per heavy atom. The van der Waals surface area contributed by atoms with Crippen LogP contribution in [0.4, 0.5) is 11.4 Å². The number of hydrogen-bond acceptors (Lipinski definition) is 4. The second-order valence-corrected chi connectivity index (χ2v) is 6.64. The Balaban J connectivity index is 1.58. The van der Waals surface area contributed by atoms with Crippen molar-refractivity contribution < 1.29 is 19.1 Å². The molecule has 1 heterocycles. The molecule has 1 aliphatic rings. The van der Waals surface area contributed by atoms with Gasteiger partial charge in [0, 0.05) is 17.0 Å². The fraction of sp³-hybridized carbons (Fsp3) is 0.217. The van der Waals surface area contributed by atoms with Gasteiger partial charge in [0.05, 0.1) is 24.6 Å². The summed E-state index contributed by atoms with van der Waals surface area (Å²) in [6, 6.07) is 16.6. The Labute approximate surface area is 169 Å². The van der Waals surface area contributed by atoms with Crippen molar-refractivity contribution in [3.8, 4) is 11.5 Å². The molecule has 0 radical (unpaired) electrons. The fourth-order valence-electron chi connectivity index (χ4n) is 3.61. The first-order valence-electron chi connectivity index (χ1n) is 9.65. The minimum atomic E-state index is -0.308. The van der Waals surface area contributed by atoms with E-state index < -0.39 is 0 Å². The monoisotopic (exact) mass is 390 g/mol. The largest absolute Gasteiger partial charge is 0.494 e. The zero-order valence-corrected chi connectivity index (χ0v) is 16.4. The van der Waals surface area contributed by atoms with Crippen LogP contribution in [0.1, 0.15) is 24.2 Å². The summed E-state index contributed by atoms with van der Waals surface area (Å²) in [6.07, 6.45) is 0. The lowest BCUT2D eigenvalue weighted by molar-refractivity contribution is -0.114. The fourth-order valence-corrected chi connectivity index (χ4v) is 3.61. The first kappa shape index (κ1) is 18.8. The summed E-state index contributed by atoms with van der Waals surface area (Å²) in [7, 11) is 0. The van der Waals surface area contributed by atoms with Gasteiger partial charge in [0.2, 0.25) is 5.91 Å². The van der Waals surface area contributed by atoms with E-state index >= 15 is 0 Å². The molecule has 0 saturated heterocycles. The molecule has 6 nitrogen and oxygen atoms in total. The van der Waals surface area contributed by atoms with Gasteiger partial charge in [-0.3, -0.25) is 14.5 Å². The number of ether oxygens (including phenoxy) is 2. The lowest BCUT2D eigenvalue weighted by Crippen LogP contribution is -2.35. The van der Waals surface area contributed by atoms with Crippen LogP contribution >= 0.6 is 0 Å². The number of amides is 2. The molecule has 3 aromatic carbocycles. The maximum absolute atomic E-state index is 12.9. The summed E-state index contributed by atoms with van der Waals surface area (Å²) < 4.78 is 11.1. The van der Waals surface area contributed by atoms with E-state index in [0.717, 1.165) is 16.5 Å². The number of hydrogen-bond donors (Lipinski definition) is 1. The predicted octanol–water partition coefficient (Wildman–Crippen LogP) is 4.24.